The number of benzene rings is 1. The van der Waals surface area contributed by atoms with E-state index in [0.29, 0.717) is 5.02 Å². The molecule has 0 aliphatic heterocycles. The van der Waals surface area contributed by atoms with Gasteiger partial charge in [-0.25, -0.2) is 9.36 Å². The minimum Gasteiger partial charge on any atom is -0.367 e. The lowest BCUT2D eigenvalue weighted by atomic mass is 10.2. The lowest BCUT2D eigenvalue weighted by Gasteiger charge is -2.15. The van der Waals surface area contributed by atoms with Crippen molar-refractivity contribution in [2.45, 2.75) is 13.8 Å². The summed E-state index contributed by atoms with van der Waals surface area (Å²) < 4.78 is 26.4. The van der Waals surface area contributed by atoms with Crippen molar-refractivity contribution < 1.29 is 22.9 Å². The molecule has 1 aromatic carbocycles. The van der Waals surface area contributed by atoms with Gasteiger partial charge in [-0.15, -0.1) is 0 Å². The zero-order valence-electron chi connectivity index (χ0n) is 10.1. The van der Waals surface area contributed by atoms with E-state index in [9.17, 15) is 9.36 Å². The van der Waals surface area contributed by atoms with E-state index >= 15 is 0 Å². The number of phosphoric acid groups is 1. The normalized spacial score (nSPS) is 11.3. The molecule has 0 aliphatic rings. The Morgan fingerprint density at radius 2 is 1.89 bits per heavy atom. The van der Waals surface area contributed by atoms with Crippen LogP contribution in [0, 0.1) is 0 Å². The van der Waals surface area contributed by atoms with Crippen LogP contribution in [0.3, 0.4) is 0 Å². The van der Waals surface area contributed by atoms with Gasteiger partial charge >= 0.3 is 13.8 Å². The van der Waals surface area contributed by atoms with Crippen LogP contribution in [-0.2, 0) is 18.1 Å². The Kier molecular flexibility index (Phi) is 5.82. The van der Waals surface area contributed by atoms with E-state index in [1.165, 1.54) is 12.1 Å². The second-order valence-electron chi connectivity index (χ2n) is 3.17. The fraction of sp³-hybridized carbons (Fsp3) is 0.364. The quantitative estimate of drug-likeness (QED) is 0.748. The Hall–Kier alpha value is -0.870. The van der Waals surface area contributed by atoms with Gasteiger partial charge in [0, 0.05) is 5.02 Å². The third kappa shape index (κ3) is 4.42. The topological polar surface area (TPSA) is 61.8 Å². The highest BCUT2D eigenvalue weighted by Crippen LogP contribution is 2.49. The molecule has 0 saturated carbocycles. The lowest BCUT2D eigenvalue weighted by Crippen LogP contribution is -2.07. The molecule has 100 valence electrons. The molecule has 0 radical (unpaired) electrons. The minimum atomic E-state index is -3.85. The van der Waals surface area contributed by atoms with Crippen molar-refractivity contribution in [1.82, 2.24) is 0 Å². The van der Waals surface area contributed by atoms with Crippen LogP contribution in [0.4, 0.5) is 0 Å². The van der Waals surface area contributed by atoms with Crippen LogP contribution in [0.5, 0.6) is 0 Å². The van der Waals surface area contributed by atoms with Crippen molar-refractivity contribution in [3.63, 3.8) is 0 Å². The van der Waals surface area contributed by atoms with Crippen molar-refractivity contribution in [2.75, 3.05) is 13.2 Å². The maximum Gasteiger partial charge on any atom is 0.532 e. The van der Waals surface area contributed by atoms with Crippen LogP contribution in [0.25, 0.3) is 0 Å². The molecule has 5 nitrogen and oxygen atoms in total. The molecule has 0 unspecified atom stereocenters. The average Bonchev–Trinajstić information content (AvgIpc) is 2.29. The van der Waals surface area contributed by atoms with Crippen LogP contribution >= 0.6 is 19.4 Å². The Morgan fingerprint density at radius 3 is 2.39 bits per heavy atom. The van der Waals surface area contributed by atoms with Crippen molar-refractivity contribution in [3.8, 4) is 0 Å². The molecule has 0 aromatic heterocycles. The number of hydrogen-bond donors (Lipinski definition) is 0. The van der Waals surface area contributed by atoms with E-state index in [1.807, 2.05) is 0 Å². The second kappa shape index (κ2) is 6.90. The second-order valence-corrected chi connectivity index (χ2v) is 5.20. The van der Waals surface area contributed by atoms with Crippen molar-refractivity contribution in [1.29, 1.82) is 0 Å². The Labute approximate surface area is 111 Å². The van der Waals surface area contributed by atoms with Gasteiger partial charge in [-0.05, 0) is 32.0 Å². The van der Waals surface area contributed by atoms with Gasteiger partial charge in [0.1, 0.15) is 0 Å². The highest BCUT2D eigenvalue weighted by Gasteiger charge is 2.30. The predicted octanol–water partition coefficient (Wildman–Crippen LogP) is 3.68. The first-order valence-electron chi connectivity index (χ1n) is 5.39. The van der Waals surface area contributed by atoms with Gasteiger partial charge in [0.25, 0.3) is 0 Å². The summed E-state index contributed by atoms with van der Waals surface area (Å²) in [6.07, 6.45) is 0. The summed E-state index contributed by atoms with van der Waals surface area (Å²) in [7, 11) is -3.85. The maximum atomic E-state index is 12.0. The van der Waals surface area contributed by atoms with Crippen LogP contribution in [0.15, 0.2) is 24.3 Å². The number of carbonyl (C=O) groups excluding carboxylic acids is 1. The van der Waals surface area contributed by atoms with Gasteiger partial charge in [0.05, 0.1) is 18.8 Å². The molecule has 1 aromatic rings. The monoisotopic (exact) mass is 292 g/mol. The molecule has 0 atom stereocenters. The molecule has 1 rings (SSSR count). The highest BCUT2D eigenvalue weighted by atomic mass is 35.5. The first-order valence-corrected chi connectivity index (χ1v) is 7.23. The SMILES string of the molecule is CCOP(=O)(OCC)OC(=O)c1cccc(Cl)c1. The smallest absolute Gasteiger partial charge is 0.367 e. The van der Waals surface area contributed by atoms with Gasteiger partial charge in [-0.3, -0.25) is 9.05 Å². The highest BCUT2D eigenvalue weighted by molar-refractivity contribution is 7.49. The van der Waals surface area contributed by atoms with E-state index < -0.39 is 13.8 Å². The number of phosphoric ester groups is 1. The van der Waals surface area contributed by atoms with E-state index in [0.717, 1.165) is 0 Å². The molecule has 18 heavy (non-hydrogen) atoms. The molecule has 0 saturated heterocycles. The number of hydrogen-bond acceptors (Lipinski definition) is 5. The fourth-order valence-electron chi connectivity index (χ4n) is 1.18. The molecule has 0 amide bonds. The minimum absolute atomic E-state index is 0.111. The van der Waals surface area contributed by atoms with E-state index in [2.05, 4.69) is 0 Å². The zero-order valence-corrected chi connectivity index (χ0v) is 11.7. The first-order chi connectivity index (χ1) is 8.50. The molecular formula is C11H14ClO5P. The van der Waals surface area contributed by atoms with E-state index in [1.54, 1.807) is 26.0 Å². The Morgan fingerprint density at radius 1 is 1.28 bits per heavy atom. The first kappa shape index (κ1) is 15.2. The number of carbonyl (C=O) groups is 1. The summed E-state index contributed by atoms with van der Waals surface area (Å²) in [4.78, 5) is 11.7. The summed E-state index contributed by atoms with van der Waals surface area (Å²) in [6, 6.07) is 6.11. The third-order valence-electron chi connectivity index (χ3n) is 1.83. The molecular weight excluding hydrogens is 279 g/mol. The molecule has 0 bridgehead atoms. The summed E-state index contributed by atoms with van der Waals surface area (Å²) in [5, 5.41) is 0.382. The molecule has 0 heterocycles. The molecule has 7 heteroatoms. The van der Waals surface area contributed by atoms with Crippen molar-refractivity contribution >= 4 is 25.4 Å². The Bertz CT molecular complexity index is 453. The summed E-state index contributed by atoms with van der Waals surface area (Å²) in [5.41, 5.74) is 0.183. The molecule has 0 fully saturated rings. The van der Waals surface area contributed by atoms with Gasteiger partial charge in [-0.1, -0.05) is 17.7 Å². The van der Waals surface area contributed by atoms with Crippen LogP contribution in [0.1, 0.15) is 24.2 Å². The fourth-order valence-corrected chi connectivity index (χ4v) is 2.49. The number of halogens is 1. The van der Waals surface area contributed by atoms with Gasteiger partial charge < -0.3 is 4.52 Å². The lowest BCUT2D eigenvalue weighted by molar-refractivity contribution is 0.0605. The summed E-state index contributed by atoms with van der Waals surface area (Å²) in [6.45, 7) is 3.47. The van der Waals surface area contributed by atoms with Gasteiger partial charge in [0.2, 0.25) is 0 Å². The summed E-state index contributed by atoms with van der Waals surface area (Å²) in [5.74, 6) is -0.803. The Balaban J connectivity index is 2.82. The van der Waals surface area contributed by atoms with Gasteiger partial charge in [0.15, 0.2) is 0 Å². The molecule has 0 spiro atoms. The van der Waals surface area contributed by atoms with Gasteiger partial charge in [-0.2, -0.15) is 0 Å². The van der Waals surface area contributed by atoms with E-state index in [-0.39, 0.29) is 18.8 Å². The standard InChI is InChI=1S/C11H14ClO5P/c1-3-15-18(14,16-4-2)17-11(13)9-6-5-7-10(12)8-9/h5-8H,3-4H2,1-2H3. The average molecular weight is 293 g/mol. The van der Waals surface area contributed by atoms with Crippen molar-refractivity contribution in [2.24, 2.45) is 0 Å². The van der Waals surface area contributed by atoms with E-state index in [4.69, 9.17) is 25.2 Å². The molecule has 0 aliphatic carbocycles. The van der Waals surface area contributed by atoms with Crippen molar-refractivity contribution in [3.05, 3.63) is 34.9 Å². The maximum absolute atomic E-state index is 12.0. The number of rotatable bonds is 6. The van der Waals surface area contributed by atoms with Crippen LogP contribution < -0.4 is 0 Å². The third-order valence-corrected chi connectivity index (χ3v) is 3.60. The van der Waals surface area contributed by atoms with Crippen LogP contribution in [0.2, 0.25) is 5.02 Å². The zero-order chi connectivity index (χ0) is 13.6. The largest absolute Gasteiger partial charge is 0.532 e. The molecule has 0 N–H and O–H groups in total. The van der Waals surface area contributed by atoms with Crippen LogP contribution in [-0.4, -0.2) is 19.2 Å². The predicted molar refractivity (Wildman–Crippen MR) is 67.7 cm³/mol. The summed E-state index contributed by atoms with van der Waals surface area (Å²) >= 11 is 5.74.